The van der Waals surface area contributed by atoms with Crippen molar-refractivity contribution in [2.45, 2.75) is 13.8 Å². The highest BCUT2D eigenvalue weighted by Crippen LogP contribution is 2.05. The molecule has 0 saturated heterocycles. The van der Waals surface area contributed by atoms with Crippen LogP contribution in [0.25, 0.3) is 0 Å². The molecule has 0 spiro atoms. The molecular formula is C11H12FNO2. The minimum absolute atomic E-state index is 0.217. The number of ether oxygens (including phenoxy) is 1. The Morgan fingerprint density at radius 2 is 2.27 bits per heavy atom. The predicted molar refractivity (Wildman–Crippen MR) is 55.5 cm³/mol. The number of hydrogen-bond donors (Lipinski definition) is 0. The van der Waals surface area contributed by atoms with Crippen molar-refractivity contribution >= 4 is 11.8 Å². The van der Waals surface area contributed by atoms with E-state index >= 15 is 0 Å². The van der Waals surface area contributed by atoms with Crippen LogP contribution in [-0.2, 0) is 4.74 Å². The first-order valence-corrected chi connectivity index (χ1v) is 4.61. The van der Waals surface area contributed by atoms with E-state index in [1.54, 1.807) is 13.8 Å². The molecule has 1 aromatic carbocycles. The fourth-order valence-corrected chi connectivity index (χ4v) is 1.07. The molecule has 80 valence electrons. The normalized spacial score (nSPS) is 11.3. The van der Waals surface area contributed by atoms with Gasteiger partial charge in [0.2, 0.25) is 0 Å². The molecule has 0 unspecified atom stereocenters. The summed E-state index contributed by atoms with van der Waals surface area (Å²) in [5.41, 5.74) is 0.217. The van der Waals surface area contributed by atoms with Gasteiger partial charge in [0.25, 0.3) is 5.91 Å². The number of rotatable bonds is 2. The predicted octanol–water partition coefficient (Wildman–Crippen LogP) is 2.42. The van der Waals surface area contributed by atoms with Gasteiger partial charge in [0.05, 0.1) is 6.61 Å². The van der Waals surface area contributed by atoms with Crippen molar-refractivity contribution < 1.29 is 13.9 Å². The zero-order valence-electron chi connectivity index (χ0n) is 8.66. The van der Waals surface area contributed by atoms with Crippen molar-refractivity contribution in [2.75, 3.05) is 6.61 Å². The maximum absolute atomic E-state index is 12.8. The number of aliphatic imine (C=N–C) groups is 1. The molecule has 0 heterocycles. The molecule has 0 atom stereocenters. The zero-order valence-corrected chi connectivity index (χ0v) is 8.66. The van der Waals surface area contributed by atoms with E-state index in [-0.39, 0.29) is 11.5 Å². The van der Waals surface area contributed by atoms with Gasteiger partial charge in [-0.15, -0.1) is 0 Å². The molecule has 0 fully saturated rings. The number of nitrogens with zero attached hydrogens (tertiary/aromatic N) is 1. The molecule has 4 heteroatoms. The van der Waals surface area contributed by atoms with Crippen molar-refractivity contribution in [3.8, 4) is 0 Å². The summed E-state index contributed by atoms with van der Waals surface area (Å²) in [6.07, 6.45) is 0. The van der Waals surface area contributed by atoms with Gasteiger partial charge in [-0.2, -0.15) is 4.99 Å². The Morgan fingerprint density at radius 1 is 1.53 bits per heavy atom. The van der Waals surface area contributed by atoms with Crippen molar-refractivity contribution in [3.05, 3.63) is 35.6 Å². The monoisotopic (exact) mass is 209 g/mol. The highest BCUT2D eigenvalue weighted by Gasteiger charge is 2.05. The van der Waals surface area contributed by atoms with E-state index in [2.05, 4.69) is 4.99 Å². The molecule has 1 aromatic rings. The summed E-state index contributed by atoms with van der Waals surface area (Å²) in [5, 5.41) is 0. The molecule has 1 rings (SSSR count). The molecule has 3 nitrogen and oxygen atoms in total. The summed E-state index contributed by atoms with van der Waals surface area (Å²) in [7, 11) is 0. The molecular weight excluding hydrogens is 197 g/mol. The quantitative estimate of drug-likeness (QED) is 0.554. The van der Waals surface area contributed by atoms with Gasteiger partial charge in [0.15, 0.2) is 5.90 Å². The Labute approximate surface area is 87.6 Å². The van der Waals surface area contributed by atoms with Gasteiger partial charge in [-0.1, -0.05) is 6.07 Å². The van der Waals surface area contributed by atoms with Crippen LogP contribution < -0.4 is 0 Å². The number of carbonyl (C=O) groups is 1. The van der Waals surface area contributed by atoms with Crippen LogP contribution in [0.1, 0.15) is 24.2 Å². The van der Waals surface area contributed by atoms with Crippen LogP contribution in [0.15, 0.2) is 29.3 Å². The summed E-state index contributed by atoms with van der Waals surface area (Å²) in [5.74, 6) is -0.669. The van der Waals surface area contributed by atoms with Crippen molar-refractivity contribution in [3.63, 3.8) is 0 Å². The van der Waals surface area contributed by atoms with Crippen LogP contribution in [0, 0.1) is 5.82 Å². The second-order valence-electron chi connectivity index (χ2n) is 2.88. The summed E-state index contributed by atoms with van der Waals surface area (Å²) >= 11 is 0. The summed E-state index contributed by atoms with van der Waals surface area (Å²) in [4.78, 5) is 15.1. The number of halogens is 1. The minimum Gasteiger partial charge on any atom is -0.481 e. The number of carbonyl (C=O) groups excluding carboxylic acids is 1. The Morgan fingerprint density at radius 3 is 2.87 bits per heavy atom. The summed E-state index contributed by atoms with van der Waals surface area (Å²) < 4.78 is 17.8. The number of benzene rings is 1. The Kier molecular flexibility index (Phi) is 3.97. The SMILES string of the molecule is CCO/C(C)=N/C(=O)c1cccc(F)c1. The van der Waals surface area contributed by atoms with E-state index in [0.29, 0.717) is 6.61 Å². The molecule has 1 amide bonds. The van der Waals surface area contributed by atoms with Crippen LogP contribution >= 0.6 is 0 Å². The standard InChI is InChI=1S/C11H12FNO2/c1-3-15-8(2)13-11(14)9-5-4-6-10(12)7-9/h4-7H,3H2,1-2H3/b13-8+. The summed E-state index contributed by atoms with van der Waals surface area (Å²) in [6, 6.07) is 5.39. The van der Waals surface area contributed by atoms with E-state index in [4.69, 9.17) is 4.74 Å². The smallest absolute Gasteiger partial charge is 0.280 e. The van der Waals surface area contributed by atoms with Gasteiger partial charge in [0.1, 0.15) is 5.82 Å². The minimum atomic E-state index is -0.500. The van der Waals surface area contributed by atoms with E-state index in [9.17, 15) is 9.18 Å². The van der Waals surface area contributed by atoms with Crippen LogP contribution in [0.2, 0.25) is 0 Å². The third-order valence-corrected chi connectivity index (χ3v) is 1.68. The molecule has 0 bridgehead atoms. The number of hydrogen-bond acceptors (Lipinski definition) is 2. The Bertz CT molecular complexity index is 388. The van der Waals surface area contributed by atoms with Gasteiger partial charge in [-0.05, 0) is 25.1 Å². The van der Waals surface area contributed by atoms with Gasteiger partial charge in [-0.3, -0.25) is 4.79 Å². The maximum Gasteiger partial charge on any atom is 0.280 e. The lowest BCUT2D eigenvalue weighted by atomic mass is 10.2. The molecule has 0 saturated carbocycles. The van der Waals surface area contributed by atoms with Crippen LogP contribution in [0.4, 0.5) is 4.39 Å². The molecule has 0 aliphatic carbocycles. The molecule has 0 N–H and O–H groups in total. The maximum atomic E-state index is 12.8. The average Bonchev–Trinajstić information content (AvgIpc) is 2.18. The average molecular weight is 209 g/mol. The Hall–Kier alpha value is -1.71. The van der Waals surface area contributed by atoms with Crippen molar-refractivity contribution in [1.82, 2.24) is 0 Å². The zero-order chi connectivity index (χ0) is 11.3. The lowest BCUT2D eigenvalue weighted by Gasteiger charge is -2.00. The number of amides is 1. The van der Waals surface area contributed by atoms with E-state index in [0.717, 1.165) is 6.07 Å². The highest BCUT2D eigenvalue weighted by atomic mass is 19.1. The lowest BCUT2D eigenvalue weighted by molar-refractivity contribution is 0.0998. The highest BCUT2D eigenvalue weighted by molar-refractivity contribution is 6.01. The van der Waals surface area contributed by atoms with Crippen LogP contribution in [-0.4, -0.2) is 18.4 Å². The first kappa shape index (κ1) is 11.4. The van der Waals surface area contributed by atoms with Crippen LogP contribution in [0.5, 0.6) is 0 Å². The third kappa shape index (κ3) is 3.50. The van der Waals surface area contributed by atoms with E-state index < -0.39 is 11.7 Å². The molecule has 0 radical (unpaired) electrons. The van der Waals surface area contributed by atoms with Gasteiger partial charge < -0.3 is 4.74 Å². The van der Waals surface area contributed by atoms with Crippen molar-refractivity contribution in [1.29, 1.82) is 0 Å². The first-order chi connectivity index (χ1) is 7.13. The van der Waals surface area contributed by atoms with Gasteiger partial charge in [-0.25, -0.2) is 4.39 Å². The lowest BCUT2D eigenvalue weighted by Crippen LogP contribution is -2.04. The van der Waals surface area contributed by atoms with Gasteiger partial charge >= 0.3 is 0 Å². The largest absolute Gasteiger partial charge is 0.481 e. The molecule has 0 aliphatic rings. The fourth-order valence-electron chi connectivity index (χ4n) is 1.07. The summed E-state index contributed by atoms with van der Waals surface area (Å²) in [6.45, 7) is 3.83. The Balaban J connectivity index is 2.81. The van der Waals surface area contributed by atoms with Gasteiger partial charge in [0, 0.05) is 12.5 Å². The third-order valence-electron chi connectivity index (χ3n) is 1.68. The second-order valence-corrected chi connectivity index (χ2v) is 2.88. The molecule has 15 heavy (non-hydrogen) atoms. The van der Waals surface area contributed by atoms with Crippen LogP contribution in [0.3, 0.4) is 0 Å². The second kappa shape index (κ2) is 5.24. The fraction of sp³-hybridized carbons (Fsp3) is 0.273. The van der Waals surface area contributed by atoms with E-state index in [1.165, 1.54) is 18.2 Å². The molecule has 0 aromatic heterocycles. The van der Waals surface area contributed by atoms with Crippen molar-refractivity contribution in [2.24, 2.45) is 4.99 Å². The first-order valence-electron chi connectivity index (χ1n) is 4.61. The van der Waals surface area contributed by atoms with E-state index in [1.807, 2.05) is 0 Å². The molecule has 0 aliphatic heterocycles. The topological polar surface area (TPSA) is 38.7 Å².